The van der Waals surface area contributed by atoms with Crippen LogP contribution in [0.15, 0.2) is 47.4 Å². The van der Waals surface area contributed by atoms with E-state index in [0.29, 0.717) is 11.3 Å². The van der Waals surface area contributed by atoms with Gasteiger partial charge in [0, 0.05) is 15.5 Å². The van der Waals surface area contributed by atoms with E-state index in [0.717, 1.165) is 4.90 Å². The Morgan fingerprint density at radius 2 is 2.04 bits per heavy atom. The minimum atomic E-state index is -1.04. The first-order valence-electron chi connectivity index (χ1n) is 7.18. The van der Waals surface area contributed by atoms with Gasteiger partial charge in [0.25, 0.3) is 0 Å². The maximum absolute atomic E-state index is 14.1. The second-order valence-corrected chi connectivity index (χ2v) is 7.01. The number of thioether (sulfide) groups is 1. The predicted octanol–water partition coefficient (Wildman–Crippen LogP) is 3.96. The number of fused-ring (bicyclic) bond motifs is 1. The van der Waals surface area contributed by atoms with Crippen molar-refractivity contribution in [3.8, 4) is 0 Å². The Hall–Kier alpha value is -2.05. The molecule has 0 saturated carbocycles. The molecule has 2 aromatic carbocycles. The summed E-state index contributed by atoms with van der Waals surface area (Å²) in [4.78, 5) is 26.0. The number of hydrogen-bond acceptors (Lipinski definition) is 3. The first-order chi connectivity index (χ1) is 11.5. The van der Waals surface area contributed by atoms with Crippen molar-refractivity contribution in [2.45, 2.75) is 23.1 Å². The highest BCUT2D eigenvalue weighted by atomic mass is 35.5. The zero-order valence-corrected chi connectivity index (χ0v) is 14.0. The summed E-state index contributed by atoms with van der Waals surface area (Å²) in [6, 6.07) is 11.5. The van der Waals surface area contributed by atoms with Crippen molar-refractivity contribution in [2.75, 3.05) is 4.90 Å². The summed E-state index contributed by atoms with van der Waals surface area (Å²) in [6.07, 6.45) is -0.280. The van der Waals surface area contributed by atoms with E-state index in [4.69, 9.17) is 16.7 Å². The normalized spacial score (nSPS) is 16.8. The van der Waals surface area contributed by atoms with Crippen molar-refractivity contribution in [3.05, 3.63) is 58.9 Å². The Bertz CT molecular complexity index is 814. The monoisotopic (exact) mass is 365 g/mol. The van der Waals surface area contributed by atoms with E-state index in [-0.39, 0.29) is 23.9 Å². The number of halogens is 2. The Morgan fingerprint density at radius 3 is 2.75 bits per heavy atom. The molecule has 0 aromatic heterocycles. The fourth-order valence-electron chi connectivity index (χ4n) is 2.55. The van der Waals surface area contributed by atoms with Gasteiger partial charge in [0.1, 0.15) is 5.82 Å². The van der Waals surface area contributed by atoms with Crippen LogP contribution in [-0.2, 0) is 16.1 Å². The van der Waals surface area contributed by atoms with Gasteiger partial charge < -0.3 is 10.0 Å². The summed E-state index contributed by atoms with van der Waals surface area (Å²) in [5.74, 6) is -1.88. The van der Waals surface area contributed by atoms with Gasteiger partial charge in [0.15, 0.2) is 0 Å². The Morgan fingerprint density at radius 1 is 1.29 bits per heavy atom. The number of aliphatic carboxylic acids is 1. The van der Waals surface area contributed by atoms with Gasteiger partial charge in [-0.05, 0) is 24.3 Å². The lowest BCUT2D eigenvalue weighted by Gasteiger charge is -2.33. The summed E-state index contributed by atoms with van der Waals surface area (Å²) < 4.78 is 14.1. The molecule has 1 aliphatic heterocycles. The molecule has 1 aliphatic rings. The summed E-state index contributed by atoms with van der Waals surface area (Å²) in [5.41, 5.74) is 0.979. The zero-order valence-electron chi connectivity index (χ0n) is 12.4. The zero-order chi connectivity index (χ0) is 17.3. The molecule has 2 aromatic rings. The van der Waals surface area contributed by atoms with Gasteiger partial charge in [0.2, 0.25) is 5.91 Å². The van der Waals surface area contributed by atoms with Crippen LogP contribution in [0.5, 0.6) is 0 Å². The van der Waals surface area contributed by atoms with Crippen molar-refractivity contribution < 1.29 is 19.1 Å². The van der Waals surface area contributed by atoms with E-state index in [9.17, 15) is 14.0 Å². The van der Waals surface area contributed by atoms with Crippen LogP contribution >= 0.6 is 23.4 Å². The molecule has 124 valence electrons. The molecular weight excluding hydrogens is 353 g/mol. The average Bonchev–Trinajstić information content (AvgIpc) is 2.53. The molecule has 0 bridgehead atoms. The van der Waals surface area contributed by atoms with Crippen LogP contribution in [0.2, 0.25) is 5.02 Å². The van der Waals surface area contributed by atoms with E-state index in [2.05, 4.69) is 0 Å². The fraction of sp³-hybridized carbons (Fsp3) is 0.176. The SMILES string of the molecule is O=C(O)CC1Sc2ccccc2N(Cc2ccc(Cl)cc2F)C1=O. The number of benzene rings is 2. The number of carbonyl (C=O) groups is 2. The summed E-state index contributed by atoms with van der Waals surface area (Å²) in [6.45, 7) is 0.0233. The molecule has 1 N–H and O–H groups in total. The maximum atomic E-state index is 14.1. The van der Waals surface area contributed by atoms with Gasteiger partial charge in [-0.15, -0.1) is 11.8 Å². The van der Waals surface area contributed by atoms with Gasteiger partial charge in [-0.25, -0.2) is 4.39 Å². The molecule has 4 nitrogen and oxygen atoms in total. The number of anilines is 1. The Balaban J connectivity index is 1.97. The number of amides is 1. The minimum absolute atomic E-state index is 0.0233. The molecule has 1 amide bonds. The van der Waals surface area contributed by atoms with E-state index < -0.39 is 17.0 Å². The second kappa shape index (κ2) is 6.83. The first-order valence-corrected chi connectivity index (χ1v) is 8.44. The third kappa shape index (κ3) is 3.39. The molecule has 0 spiro atoms. The molecule has 24 heavy (non-hydrogen) atoms. The average molecular weight is 366 g/mol. The highest BCUT2D eigenvalue weighted by Gasteiger charge is 2.35. The summed E-state index contributed by atoms with van der Waals surface area (Å²) >= 11 is 6.99. The highest BCUT2D eigenvalue weighted by Crippen LogP contribution is 2.41. The lowest BCUT2D eigenvalue weighted by atomic mass is 10.1. The van der Waals surface area contributed by atoms with Crippen LogP contribution in [0.1, 0.15) is 12.0 Å². The summed E-state index contributed by atoms with van der Waals surface area (Å²) in [7, 11) is 0. The van der Waals surface area contributed by atoms with Crippen LogP contribution in [0, 0.1) is 5.82 Å². The molecule has 3 rings (SSSR count). The van der Waals surface area contributed by atoms with Crippen molar-refractivity contribution in [3.63, 3.8) is 0 Å². The van der Waals surface area contributed by atoms with Gasteiger partial charge in [-0.3, -0.25) is 9.59 Å². The van der Waals surface area contributed by atoms with E-state index in [1.54, 1.807) is 18.2 Å². The predicted molar refractivity (Wildman–Crippen MR) is 90.9 cm³/mol. The van der Waals surface area contributed by atoms with Gasteiger partial charge in [-0.2, -0.15) is 0 Å². The van der Waals surface area contributed by atoms with Crippen molar-refractivity contribution in [2.24, 2.45) is 0 Å². The molecule has 0 radical (unpaired) electrons. The molecule has 0 aliphatic carbocycles. The number of carboxylic acids is 1. The number of rotatable bonds is 4. The Labute approximate surface area is 147 Å². The van der Waals surface area contributed by atoms with Crippen molar-refractivity contribution in [1.29, 1.82) is 0 Å². The molecule has 7 heteroatoms. The molecule has 0 saturated heterocycles. The number of nitrogens with zero attached hydrogens (tertiary/aromatic N) is 1. The van der Waals surface area contributed by atoms with Gasteiger partial charge in [0.05, 0.1) is 23.9 Å². The van der Waals surface area contributed by atoms with Crippen LogP contribution in [0.4, 0.5) is 10.1 Å². The quantitative estimate of drug-likeness (QED) is 0.891. The molecular formula is C17H13ClFNO3S. The molecule has 1 heterocycles. The summed E-state index contributed by atoms with van der Waals surface area (Å²) in [5, 5.41) is 8.57. The number of para-hydroxylation sites is 1. The van der Waals surface area contributed by atoms with Crippen LogP contribution in [0.3, 0.4) is 0 Å². The number of carboxylic acid groups (broad SMARTS) is 1. The van der Waals surface area contributed by atoms with E-state index >= 15 is 0 Å². The number of hydrogen-bond donors (Lipinski definition) is 1. The fourth-order valence-corrected chi connectivity index (χ4v) is 3.92. The Kier molecular flexibility index (Phi) is 4.78. The lowest BCUT2D eigenvalue weighted by Crippen LogP contribution is -2.41. The largest absolute Gasteiger partial charge is 0.481 e. The van der Waals surface area contributed by atoms with Gasteiger partial charge >= 0.3 is 5.97 Å². The van der Waals surface area contributed by atoms with Gasteiger partial charge in [-0.1, -0.05) is 29.8 Å². The third-order valence-electron chi connectivity index (χ3n) is 3.67. The van der Waals surface area contributed by atoms with Crippen LogP contribution < -0.4 is 4.90 Å². The standard InChI is InChI=1S/C17H13ClFNO3S/c18-11-6-5-10(12(19)7-11)9-20-13-3-1-2-4-14(13)24-15(17(20)23)8-16(21)22/h1-7,15H,8-9H2,(H,21,22). The first kappa shape index (κ1) is 16.8. The molecule has 1 unspecified atom stereocenters. The van der Waals surface area contributed by atoms with E-state index in [1.807, 2.05) is 12.1 Å². The third-order valence-corrected chi connectivity index (χ3v) is 5.16. The molecule has 0 fully saturated rings. The second-order valence-electron chi connectivity index (χ2n) is 5.33. The maximum Gasteiger partial charge on any atom is 0.305 e. The van der Waals surface area contributed by atoms with Crippen LogP contribution in [0.25, 0.3) is 0 Å². The minimum Gasteiger partial charge on any atom is -0.481 e. The highest BCUT2D eigenvalue weighted by molar-refractivity contribution is 8.01. The van der Waals surface area contributed by atoms with Crippen molar-refractivity contribution in [1.82, 2.24) is 0 Å². The van der Waals surface area contributed by atoms with Crippen LogP contribution in [-0.4, -0.2) is 22.2 Å². The molecule has 1 atom stereocenters. The smallest absolute Gasteiger partial charge is 0.305 e. The van der Waals surface area contributed by atoms with E-state index in [1.165, 1.54) is 28.8 Å². The lowest BCUT2D eigenvalue weighted by molar-refractivity contribution is -0.138. The number of carbonyl (C=O) groups excluding carboxylic acids is 1. The van der Waals surface area contributed by atoms with Crippen molar-refractivity contribution >= 4 is 40.9 Å². The topological polar surface area (TPSA) is 57.6 Å².